The number of benzene rings is 2. The van der Waals surface area contributed by atoms with Crippen molar-refractivity contribution in [2.75, 3.05) is 19.7 Å². The monoisotopic (exact) mass is 612 g/mol. The summed E-state index contributed by atoms with van der Waals surface area (Å²) < 4.78 is 13.1. The summed E-state index contributed by atoms with van der Waals surface area (Å²) in [5.41, 5.74) is 0.446. The standard InChI is InChI=1S/C30H33BrN2O5S/c1-30(2,3)38-28(35)32-12-11-21(17-32)25(16-24-14-20-9-10-22(31)15-26(20)39-24)27(34)33-23(18-37-29(33)36)13-19-7-5-4-6-8-19/h4-10,14-15,21,23,25H,11-13,16-18H2,1-3H3/t21-,23-,25-/m0/s1. The molecular weight excluding hydrogens is 580 g/mol. The number of amides is 3. The van der Waals surface area contributed by atoms with E-state index in [2.05, 4.69) is 34.1 Å². The Hall–Kier alpha value is -2.91. The molecule has 5 rings (SSSR count). The molecule has 1 aromatic heterocycles. The Morgan fingerprint density at radius 2 is 1.92 bits per heavy atom. The van der Waals surface area contributed by atoms with Gasteiger partial charge in [0.05, 0.1) is 6.04 Å². The van der Waals surface area contributed by atoms with E-state index in [9.17, 15) is 14.4 Å². The highest BCUT2D eigenvalue weighted by Gasteiger charge is 2.45. The maximum atomic E-state index is 14.2. The second-order valence-electron chi connectivity index (χ2n) is 11.3. The molecule has 0 unspecified atom stereocenters. The van der Waals surface area contributed by atoms with E-state index >= 15 is 0 Å². The van der Waals surface area contributed by atoms with E-state index in [1.807, 2.05) is 57.2 Å². The average Bonchev–Trinajstić information content (AvgIpc) is 3.60. The van der Waals surface area contributed by atoms with E-state index < -0.39 is 17.6 Å². The highest BCUT2D eigenvalue weighted by Crippen LogP contribution is 2.36. The first-order valence-corrected chi connectivity index (χ1v) is 14.9. The maximum Gasteiger partial charge on any atom is 0.416 e. The zero-order valence-electron chi connectivity index (χ0n) is 22.4. The molecule has 39 heavy (non-hydrogen) atoms. The van der Waals surface area contributed by atoms with E-state index in [1.165, 1.54) is 4.90 Å². The van der Waals surface area contributed by atoms with Crippen LogP contribution in [0, 0.1) is 11.8 Å². The van der Waals surface area contributed by atoms with Crippen LogP contribution in [0.15, 0.2) is 59.1 Å². The van der Waals surface area contributed by atoms with Crippen molar-refractivity contribution in [2.45, 2.75) is 51.7 Å². The maximum absolute atomic E-state index is 14.2. The van der Waals surface area contributed by atoms with E-state index in [-0.39, 0.29) is 30.6 Å². The number of thiophene rings is 1. The number of hydrogen-bond acceptors (Lipinski definition) is 6. The topological polar surface area (TPSA) is 76.2 Å². The fourth-order valence-electron chi connectivity index (χ4n) is 5.39. The Labute approximate surface area is 241 Å². The molecule has 0 radical (unpaired) electrons. The molecule has 0 N–H and O–H groups in total. The molecule has 0 saturated carbocycles. The van der Waals surface area contributed by atoms with Crippen molar-refractivity contribution in [3.63, 3.8) is 0 Å². The number of rotatable bonds is 6. The molecule has 0 aliphatic carbocycles. The Morgan fingerprint density at radius 1 is 1.15 bits per heavy atom. The zero-order chi connectivity index (χ0) is 27.7. The molecule has 3 aromatic rings. The quantitative estimate of drug-likeness (QED) is 0.311. The number of imide groups is 1. The van der Waals surface area contributed by atoms with Crippen LogP contribution in [0.25, 0.3) is 10.1 Å². The second kappa shape index (κ2) is 11.3. The predicted octanol–water partition coefficient (Wildman–Crippen LogP) is 6.67. The van der Waals surface area contributed by atoms with Gasteiger partial charge >= 0.3 is 12.2 Å². The van der Waals surface area contributed by atoms with Crippen molar-refractivity contribution >= 4 is 55.4 Å². The van der Waals surface area contributed by atoms with Gasteiger partial charge in [-0.1, -0.05) is 52.3 Å². The van der Waals surface area contributed by atoms with Crippen LogP contribution >= 0.6 is 27.3 Å². The van der Waals surface area contributed by atoms with E-state index in [0.717, 1.165) is 25.0 Å². The van der Waals surface area contributed by atoms with Crippen molar-refractivity contribution in [3.8, 4) is 0 Å². The van der Waals surface area contributed by atoms with E-state index in [4.69, 9.17) is 9.47 Å². The van der Waals surface area contributed by atoms with Crippen LogP contribution < -0.4 is 0 Å². The zero-order valence-corrected chi connectivity index (χ0v) is 24.8. The third kappa shape index (κ3) is 6.47. The van der Waals surface area contributed by atoms with Crippen LogP contribution in [-0.2, 0) is 27.1 Å². The minimum Gasteiger partial charge on any atom is -0.447 e. The molecule has 0 bridgehead atoms. The van der Waals surface area contributed by atoms with Crippen molar-refractivity contribution in [1.82, 2.24) is 9.80 Å². The number of nitrogens with zero attached hydrogens (tertiary/aromatic N) is 2. The van der Waals surface area contributed by atoms with Gasteiger partial charge in [0.15, 0.2) is 0 Å². The van der Waals surface area contributed by atoms with Gasteiger partial charge in [0.1, 0.15) is 12.2 Å². The summed E-state index contributed by atoms with van der Waals surface area (Å²) in [6.45, 7) is 6.63. The molecule has 2 aliphatic rings. The summed E-state index contributed by atoms with van der Waals surface area (Å²) in [7, 11) is 0. The average molecular weight is 614 g/mol. The first kappa shape index (κ1) is 27.6. The first-order chi connectivity index (χ1) is 18.6. The molecule has 2 fully saturated rings. The van der Waals surface area contributed by atoms with Crippen molar-refractivity contribution in [2.24, 2.45) is 11.8 Å². The van der Waals surface area contributed by atoms with Crippen LogP contribution in [0.2, 0.25) is 0 Å². The third-order valence-electron chi connectivity index (χ3n) is 7.23. The number of carbonyl (C=O) groups is 3. The van der Waals surface area contributed by atoms with E-state index in [1.54, 1.807) is 16.2 Å². The fraction of sp³-hybridized carbons (Fsp3) is 0.433. The summed E-state index contributed by atoms with van der Waals surface area (Å²) in [6.07, 6.45) is 0.734. The van der Waals surface area contributed by atoms with Gasteiger partial charge in [-0.25, -0.2) is 14.5 Å². The third-order valence-corrected chi connectivity index (χ3v) is 8.84. The molecule has 206 valence electrons. The van der Waals surface area contributed by atoms with Crippen molar-refractivity contribution < 1.29 is 23.9 Å². The number of fused-ring (bicyclic) bond motifs is 1. The normalized spacial score (nSPS) is 20.4. The SMILES string of the molecule is CC(C)(C)OC(=O)N1CC[C@H]([C@H](Cc2cc3ccc(Br)cc3s2)C(=O)N2C(=O)OC[C@@H]2Cc2ccccc2)C1. The van der Waals surface area contributed by atoms with Gasteiger partial charge in [0.25, 0.3) is 0 Å². The van der Waals surface area contributed by atoms with Crippen LogP contribution in [0.3, 0.4) is 0 Å². The fourth-order valence-corrected chi connectivity index (χ4v) is 7.06. The van der Waals surface area contributed by atoms with Gasteiger partial charge in [0, 0.05) is 33.1 Å². The summed E-state index contributed by atoms with van der Waals surface area (Å²) >= 11 is 5.20. The number of ether oxygens (including phenoxy) is 2. The van der Waals surface area contributed by atoms with Gasteiger partial charge in [-0.05, 0) is 75.1 Å². The second-order valence-corrected chi connectivity index (χ2v) is 13.4. The molecule has 2 saturated heterocycles. The summed E-state index contributed by atoms with van der Waals surface area (Å²) in [4.78, 5) is 44.0. The highest BCUT2D eigenvalue weighted by molar-refractivity contribution is 9.10. The van der Waals surface area contributed by atoms with Gasteiger partial charge in [-0.3, -0.25) is 4.79 Å². The Kier molecular flexibility index (Phi) is 8.01. The lowest BCUT2D eigenvalue weighted by Crippen LogP contribution is -2.46. The van der Waals surface area contributed by atoms with E-state index in [0.29, 0.717) is 32.4 Å². The molecule has 7 nitrogen and oxygen atoms in total. The van der Waals surface area contributed by atoms with Gasteiger partial charge in [-0.15, -0.1) is 11.3 Å². The molecule has 0 spiro atoms. The smallest absolute Gasteiger partial charge is 0.416 e. The molecule has 3 heterocycles. The summed E-state index contributed by atoms with van der Waals surface area (Å²) in [5, 5.41) is 1.12. The molecule has 2 aromatic carbocycles. The predicted molar refractivity (Wildman–Crippen MR) is 155 cm³/mol. The molecule has 9 heteroatoms. The minimum absolute atomic E-state index is 0.104. The Balaban J connectivity index is 1.41. The summed E-state index contributed by atoms with van der Waals surface area (Å²) in [5.74, 6) is -0.807. The number of halogens is 1. The number of carbonyl (C=O) groups excluding carboxylic acids is 3. The van der Waals surface area contributed by atoms with Gasteiger partial charge < -0.3 is 14.4 Å². The first-order valence-electron chi connectivity index (χ1n) is 13.3. The summed E-state index contributed by atoms with van der Waals surface area (Å²) in [6, 6.07) is 17.7. The number of cyclic esters (lactones) is 1. The van der Waals surface area contributed by atoms with Crippen LogP contribution in [0.4, 0.5) is 9.59 Å². The molecule has 2 aliphatic heterocycles. The van der Waals surface area contributed by atoms with Crippen LogP contribution in [0.1, 0.15) is 37.6 Å². The largest absolute Gasteiger partial charge is 0.447 e. The molecular formula is C30H33BrN2O5S. The lowest BCUT2D eigenvalue weighted by Gasteiger charge is -2.29. The van der Waals surface area contributed by atoms with Crippen LogP contribution in [0.5, 0.6) is 0 Å². The highest BCUT2D eigenvalue weighted by atomic mass is 79.9. The molecule has 3 atom stereocenters. The number of likely N-dealkylation sites (tertiary alicyclic amines) is 1. The molecule has 3 amide bonds. The van der Waals surface area contributed by atoms with Crippen molar-refractivity contribution in [3.05, 3.63) is 69.5 Å². The van der Waals surface area contributed by atoms with Crippen LogP contribution in [-0.4, -0.2) is 59.2 Å². The Morgan fingerprint density at radius 3 is 2.67 bits per heavy atom. The lowest BCUT2D eigenvalue weighted by molar-refractivity contribution is -0.135. The number of hydrogen-bond donors (Lipinski definition) is 0. The lowest BCUT2D eigenvalue weighted by atomic mass is 9.86. The van der Waals surface area contributed by atoms with Gasteiger partial charge in [0.2, 0.25) is 5.91 Å². The van der Waals surface area contributed by atoms with Gasteiger partial charge in [-0.2, -0.15) is 0 Å². The minimum atomic E-state index is -0.598. The Bertz CT molecular complexity index is 1370. The van der Waals surface area contributed by atoms with Crippen molar-refractivity contribution in [1.29, 1.82) is 0 Å².